The van der Waals surface area contributed by atoms with Gasteiger partial charge in [0.25, 0.3) is 11.8 Å². The number of carbonyl (C=O) groups excluding carboxylic acids is 2. The summed E-state index contributed by atoms with van der Waals surface area (Å²) in [6.07, 6.45) is 0. The van der Waals surface area contributed by atoms with E-state index in [2.05, 4.69) is 24.2 Å². The molecule has 0 fully saturated rings. The Bertz CT molecular complexity index is 1030. The molecule has 0 bridgehead atoms. The fourth-order valence-electron chi connectivity index (χ4n) is 1.93. The highest BCUT2D eigenvalue weighted by Crippen LogP contribution is 2.29. The smallest absolute Gasteiger partial charge is 0.461 e. The molecule has 0 aliphatic heterocycles. The number of carbonyl (C=O) groups is 2. The van der Waals surface area contributed by atoms with Gasteiger partial charge in [0.05, 0.1) is 12.3 Å². The Morgan fingerprint density at radius 2 is 1.76 bits per heavy atom. The second-order valence-corrected chi connectivity index (χ2v) is 6.87. The summed E-state index contributed by atoms with van der Waals surface area (Å²) in [5, 5.41) is 2.34. The van der Waals surface area contributed by atoms with Gasteiger partial charge in [0.1, 0.15) is 0 Å². The van der Waals surface area contributed by atoms with Gasteiger partial charge in [-0.3, -0.25) is 4.79 Å². The maximum atomic E-state index is 12.6. The molecular formula is C16H14F3N3O6S. The highest BCUT2D eigenvalue weighted by Gasteiger charge is 2.49. The Kier molecular flexibility index (Phi) is 6.41. The number of esters is 1. The molecule has 0 radical (unpaired) electrons. The van der Waals surface area contributed by atoms with E-state index in [0.717, 1.165) is 0 Å². The lowest BCUT2D eigenvalue weighted by Gasteiger charge is -2.14. The number of aromatic nitrogens is 2. The maximum Gasteiger partial charge on any atom is 0.534 e. The van der Waals surface area contributed by atoms with E-state index in [1.807, 2.05) is 0 Å². The zero-order chi connectivity index (χ0) is 21.8. The van der Waals surface area contributed by atoms with Crippen molar-refractivity contribution in [1.29, 1.82) is 0 Å². The summed E-state index contributed by atoms with van der Waals surface area (Å²) in [5.41, 5.74) is -6.68. The summed E-state index contributed by atoms with van der Waals surface area (Å²) < 4.78 is 69.0. The van der Waals surface area contributed by atoms with Crippen LogP contribution < -0.4 is 9.50 Å². The Morgan fingerprint density at radius 3 is 2.31 bits per heavy atom. The van der Waals surface area contributed by atoms with Crippen LogP contribution in [0.1, 0.15) is 33.5 Å². The quantitative estimate of drug-likeness (QED) is 0.418. The first-order valence-electron chi connectivity index (χ1n) is 7.89. The lowest BCUT2D eigenvalue weighted by Crippen LogP contribution is -2.29. The zero-order valence-electron chi connectivity index (χ0n) is 15.0. The van der Waals surface area contributed by atoms with Gasteiger partial charge in [-0.25, -0.2) is 14.8 Å². The van der Waals surface area contributed by atoms with E-state index in [0.29, 0.717) is 0 Å². The number of rotatable bonds is 6. The number of hydrogen-bond donors (Lipinski definition) is 1. The van der Waals surface area contributed by atoms with Gasteiger partial charge >= 0.3 is 21.6 Å². The molecule has 1 N–H and O–H groups in total. The van der Waals surface area contributed by atoms with Gasteiger partial charge < -0.3 is 14.2 Å². The topological polar surface area (TPSA) is 125 Å². The number of ether oxygens (including phenoxy) is 1. The number of halogens is 3. The van der Waals surface area contributed by atoms with Crippen molar-refractivity contribution in [3.05, 3.63) is 47.3 Å². The standard InChI is InChI=1S/C16H14F3N3O6S/c1-3-27-15(24)11-14(28-29(25,26)16(17,18)19)20-9(2)12(21-11)22-13(23)10-7-5-4-6-8-10/h4-8H,3H2,1-2H3,(H,21,22,23). The Hall–Kier alpha value is -3.22. The summed E-state index contributed by atoms with van der Waals surface area (Å²) >= 11 is 0. The van der Waals surface area contributed by atoms with Crippen molar-refractivity contribution < 1.29 is 40.1 Å². The van der Waals surface area contributed by atoms with Gasteiger partial charge in [-0.05, 0) is 26.0 Å². The molecule has 29 heavy (non-hydrogen) atoms. The van der Waals surface area contributed by atoms with Crippen molar-refractivity contribution in [3.8, 4) is 5.88 Å². The van der Waals surface area contributed by atoms with Gasteiger partial charge in [0, 0.05) is 5.56 Å². The first-order valence-corrected chi connectivity index (χ1v) is 9.30. The molecule has 0 saturated heterocycles. The van der Waals surface area contributed by atoms with Crippen LogP contribution in [0.25, 0.3) is 0 Å². The van der Waals surface area contributed by atoms with Crippen LogP contribution in [0.2, 0.25) is 0 Å². The summed E-state index contributed by atoms with van der Waals surface area (Å²) in [6.45, 7) is 2.44. The van der Waals surface area contributed by atoms with Crippen LogP contribution in [0.3, 0.4) is 0 Å². The van der Waals surface area contributed by atoms with E-state index >= 15 is 0 Å². The third-order valence-corrected chi connectivity index (χ3v) is 4.19. The number of amides is 1. The Labute approximate surface area is 163 Å². The first kappa shape index (κ1) is 22.1. The molecule has 0 unspecified atom stereocenters. The number of hydrogen-bond acceptors (Lipinski definition) is 8. The number of alkyl halides is 3. The van der Waals surface area contributed by atoms with Gasteiger partial charge in [-0.2, -0.15) is 21.6 Å². The van der Waals surface area contributed by atoms with Crippen LogP contribution in [0, 0.1) is 6.92 Å². The highest BCUT2D eigenvalue weighted by molar-refractivity contribution is 7.87. The largest absolute Gasteiger partial charge is 0.534 e. The minimum absolute atomic E-state index is 0.189. The van der Waals surface area contributed by atoms with Crippen molar-refractivity contribution in [1.82, 2.24) is 9.97 Å². The summed E-state index contributed by atoms with van der Waals surface area (Å²) in [7, 11) is -6.12. The van der Waals surface area contributed by atoms with Crippen molar-refractivity contribution in [3.63, 3.8) is 0 Å². The molecule has 9 nitrogen and oxygen atoms in total. The van der Waals surface area contributed by atoms with Crippen LogP contribution in [-0.4, -0.2) is 42.4 Å². The molecule has 0 atom stereocenters. The third kappa shape index (κ3) is 5.19. The summed E-state index contributed by atoms with van der Waals surface area (Å²) in [4.78, 5) is 31.5. The third-order valence-electron chi connectivity index (χ3n) is 3.25. The van der Waals surface area contributed by atoms with Crippen LogP contribution in [0.4, 0.5) is 19.0 Å². The molecule has 1 aromatic heterocycles. The number of nitrogens with one attached hydrogen (secondary N) is 1. The normalized spacial score (nSPS) is 11.6. The molecule has 0 saturated carbocycles. The van der Waals surface area contributed by atoms with Crippen LogP contribution in [-0.2, 0) is 14.9 Å². The fourth-order valence-corrected chi connectivity index (χ4v) is 2.35. The number of benzene rings is 1. The number of anilines is 1. The summed E-state index contributed by atoms with van der Waals surface area (Å²) in [5.74, 6) is -3.45. The van der Waals surface area contributed by atoms with Gasteiger partial charge in [0.15, 0.2) is 5.82 Å². The molecule has 0 aliphatic rings. The van der Waals surface area contributed by atoms with Crippen molar-refractivity contribution in [2.24, 2.45) is 0 Å². The van der Waals surface area contributed by atoms with Crippen LogP contribution >= 0.6 is 0 Å². The summed E-state index contributed by atoms with van der Waals surface area (Å²) in [6, 6.07) is 7.83. The molecule has 2 aromatic rings. The Morgan fingerprint density at radius 1 is 1.14 bits per heavy atom. The lowest BCUT2D eigenvalue weighted by atomic mass is 10.2. The van der Waals surface area contributed by atoms with Gasteiger partial charge in [-0.15, -0.1) is 0 Å². The SMILES string of the molecule is CCOC(=O)c1nc(NC(=O)c2ccccc2)c(C)nc1OS(=O)(=O)C(F)(F)F. The minimum atomic E-state index is -6.12. The first-order chi connectivity index (χ1) is 13.5. The van der Waals surface area contributed by atoms with E-state index in [9.17, 15) is 31.2 Å². The second kappa shape index (κ2) is 8.43. The number of nitrogens with zero attached hydrogens (tertiary/aromatic N) is 2. The zero-order valence-corrected chi connectivity index (χ0v) is 15.8. The average molecular weight is 433 g/mol. The van der Waals surface area contributed by atoms with Crippen molar-refractivity contribution in [2.75, 3.05) is 11.9 Å². The Balaban J connectivity index is 2.47. The molecule has 0 spiro atoms. The molecule has 0 aliphatic carbocycles. The minimum Gasteiger partial charge on any atom is -0.461 e. The molecule has 2 rings (SSSR count). The molecule has 1 heterocycles. The van der Waals surface area contributed by atoms with E-state index in [1.54, 1.807) is 18.2 Å². The van der Waals surface area contributed by atoms with E-state index < -0.39 is 39.1 Å². The second-order valence-electron chi connectivity index (χ2n) is 5.34. The van der Waals surface area contributed by atoms with Gasteiger partial charge in [0.2, 0.25) is 5.69 Å². The molecule has 156 valence electrons. The fraction of sp³-hybridized carbons (Fsp3) is 0.250. The van der Waals surface area contributed by atoms with E-state index in [4.69, 9.17) is 0 Å². The monoisotopic (exact) mass is 433 g/mol. The maximum absolute atomic E-state index is 12.6. The molecule has 1 amide bonds. The lowest BCUT2D eigenvalue weighted by molar-refractivity contribution is -0.0502. The molecule has 1 aromatic carbocycles. The predicted octanol–water partition coefficient (Wildman–Crippen LogP) is 2.44. The predicted molar refractivity (Wildman–Crippen MR) is 92.7 cm³/mol. The van der Waals surface area contributed by atoms with Crippen molar-refractivity contribution in [2.45, 2.75) is 19.4 Å². The van der Waals surface area contributed by atoms with Gasteiger partial charge in [-0.1, -0.05) is 18.2 Å². The van der Waals surface area contributed by atoms with Crippen molar-refractivity contribution >= 4 is 27.8 Å². The number of aryl methyl sites for hydroxylation is 1. The van der Waals surface area contributed by atoms with E-state index in [-0.39, 0.29) is 23.7 Å². The molecule has 13 heteroatoms. The van der Waals surface area contributed by atoms with E-state index in [1.165, 1.54) is 26.0 Å². The van der Waals surface area contributed by atoms with Crippen LogP contribution in [0.5, 0.6) is 5.88 Å². The van der Waals surface area contributed by atoms with Crippen LogP contribution in [0.15, 0.2) is 30.3 Å². The average Bonchev–Trinajstić information content (AvgIpc) is 2.63. The molecular weight excluding hydrogens is 419 g/mol. The highest BCUT2D eigenvalue weighted by atomic mass is 32.2.